The first-order valence-electron chi connectivity index (χ1n) is 6.35. The lowest BCUT2D eigenvalue weighted by molar-refractivity contribution is -0.174. The lowest BCUT2D eigenvalue weighted by Crippen LogP contribution is -2.39. The third-order valence-electron chi connectivity index (χ3n) is 3.12. The minimum Gasteiger partial charge on any atom is -0.481 e. The van der Waals surface area contributed by atoms with Gasteiger partial charge in [-0.25, -0.2) is 0 Å². The van der Waals surface area contributed by atoms with E-state index in [1.54, 1.807) is 29.6 Å². The highest BCUT2D eigenvalue weighted by atomic mass is 19.4. The maximum absolute atomic E-state index is 12.4. The van der Waals surface area contributed by atoms with Gasteiger partial charge in [0.1, 0.15) is 0 Å². The summed E-state index contributed by atoms with van der Waals surface area (Å²) < 4.78 is 37.1. The van der Waals surface area contributed by atoms with Gasteiger partial charge in [-0.3, -0.25) is 9.59 Å². The number of hydrogen-bond donors (Lipinski definition) is 2. The first-order chi connectivity index (χ1) is 10.3. The van der Waals surface area contributed by atoms with Crippen LogP contribution in [0.4, 0.5) is 13.2 Å². The summed E-state index contributed by atoms with van der Waals surface area (Å²) in [4.78, 5) is 21.9. The average Bonchev–Trinajstić information content (AvgIpc) is 2.44. The third-order valence-corrected chi connectivity index (χ3v) is 3.12. The smallest absolute Gasteiger partial charge is 0.471 e. The maximum Gasteiger partial charge on any atom is 0.471 e. The normalized spacial score (nSPS) is 12.9. The number of nitrogens with one attached hydrogen (secondary N) is 1. The Morgan fingerprint density at radius 3 is 2.32 bits per heavy atom. The van der Waals surface area contributed by atoms with Gasteiger partial charge in [0, 0.05) is 0 Å². The zero-order chi connectivity index (χ0) is 16.3. The molecule has 0 fully saturated rings. The van der Waals surface area contributed by atoms with E-state index < -0.39 is 30.5 Å². The molecule has 0 saturated heterocycles. The Labute approximate surface area is 123 Å². The molecule has 116 valence electrons. The molecule has 0 aliphatic carbocycles. The topological polar surface area (TPSA) is 66.4 Å². The molecule has 0 bridgehead atoms. The van der Waals surface area contributed by atoms with Gasteiger partial charge < -0.3 is 10.4 Å². The van der Waals surface area contributed by atoms with Crippen LogP contribution in [0, 0.1) is 0 Å². The number of carbonyl (C=O) groups is 2. The molecule has 2 aromatic rings. The molecule has 0 aliphatic heterocycles. The zero-order valence-electron chi connectivity index (χ0n) is 11.2. The van der Waals surface area contributed by atoms with E-state index in [0.717, 1.165) is 10.8 Å². The summed E-state index contributed by atoms with van der Waals surface area (Å²) in [6.07, 6.45) is -5.70. The Kier molecular flexibility index (Phi) is 4.35. The molecule has 1 atom stereocenters. The number of benzene rings is 2. The maximum atomic E-state index is 12.4. The van der Waals surface area contributed by atoms with Crippen LogP contribution in [-0.2, 0) is 9.59 Å². The first-order valence-corrected chi connectivity index (χ1v) is 6.35. The molecule has 2 N–H and O–H groups in total. The molecule has 4 nitrogen and oxygen atoms in total. The summed E-state index contributed by atoms with van der Waals surface area (Å²) in [6.45, 7) is 0. The molecule has 0 spiro atoms. The highest BCUT2D eigenvalue weighted by Crippen LogP contribution is 2.24. The van der Waals surface area contributed by atoms with E-state index in [1.165, 1.54) is 6.07 Å². The van der Waals surface area contributed by atoms with Crippen molar-refractivity contribution < 1.29 is 27.9 Å². The molecule has 0 aliphatic rings. The van der Waals surface area contributed by atoms with Crippen molar-refractivity contribution in [3.05, 3.63) is 48.0 Å². The highest BCUT2D eigenvalue weighted by molar-refractivity contribution is 5.85. The van der Waals surface area contributed by atoms with E-state index in [-0.39, 0.29) is 0 Å². The molecule has 0 radical (unpaired) electrons. The number of aliphatic carboxylic acids is 1. The Bertz CT molecular complexity index is 712. The first kappa shape index (κ1) is 15.8. The monoisotopic (exact) mass is 311 g/mol. The summed E-state index contributed by atoms with van der Waals surface area (Å²) in [5, 5.41) is 12.2. The summed E-state index contributed by atoms with van der Waals surface area (Å²) >= 11 is 0. The lowest BCUT2D eigenvalue weighted by atomic mass is 9.99. The van der Waals surface area contributed by atoms with Gasteiger partial charge in [-0.05, 0) is 22.4 Å². The number of alkyl halides is 3. The average molecular weight is 311 g/mol. The van der Waals surface area contributed by atoms with Crippen molar-refractivity contribution in [2.45, 2.75) is 18.6 Å². The number of amides is 1. The molecule has 0 saturated carbocycles. The number of hydrogen-bond acceptors (Lipinski definition) is 2. The van der Waals surface area contributed by atoms with Gasteiger partial charge in [-0.2, -0.15) is 13.2 Å². The van der Waals surface area contributed by atoms with Gasteiger partial charge >= 0.3 is 18.1 Å². The van der Waals surface area contributed by atoms with E-state index in [2.05, 4.69) is 0 Å². The van der Waals surface area contributed by atoms with Gasteiger partial charge in [0.05, 0.1) is 12.5 Å². The Hall–Kier alpha value is -2.57. The Morgan fingerprint density at radius 2 is 1.73 bits per heavy atom. The van der Waals surface area contributed by atoms with Crippen molar-refractivity contribution in [1.82, 2.24) is 5.32 Å². The van der Waals surface area contributed by atoms with Crippen molar-refractivity contribution in [1.29, 1.82) is 0 Å². The fourth-order valence-corrected chi connectivity index (χ4v) is 2.09. The van der Waals surface area contributed by atoms with Gasteiger partial charge in [-0.1, -0.05) is 36.4 Å². The van der Waals surface area contributed by atoms with Crippen LogP contribution in [0.3, 0.4) is 0 Å². The summed E-state index contributed by atoms with van der Waals surface area (Å²) in [6, 6.07) is 10.6. The Morgan fingerprint density at radius 1 is 1.09 bits per heavy atom. The van der Waals surface area contributed by atoms with Crippen LogP contribution in [-0.4, -0.2) is 23.2 Å². The Balaban J connectivity index is 2.34. The van der Waals surface area contributed by atoms with E-state index in [4.69, 9.17) is 5.11 Å². The van der Waals surface area contributed by atoms with Gasteiger partial charge in [0.2, 0.25) is 0 Å². The zero-order valence-corrected chi connectivity index (χ0v) is 11.2. The van der Waals surface area contributed by atoms with E-state index in [1.807, 2.05) is 12.1 Å². The predicted molar refractivity (Wildman–Crippen MR) is 73.1 cm³/mol. The molecule has 0 heterocycles. The number of carboxylic acid groups (broad SMARTS) is 1. The largest absolute Gasteiger partial charge is 0.481 e. The highest BCUT2D eigenvalue weighted by Gasteiger charge is 2.40. The van der Waals surface area contributed by atoms with Crippen LogP contribution in [0.5, 0.6) is 0 Å². The molecule has 0 aromatic heterocycles. The molecule has 2 rings (SSSR count). The minimum absolute atomic E-state index is 0.304. The van der Waals surface area contributed by atoms with E-state index >= 15 is 0 Å². The molecular weight excluding hydrogens is 299 g/mol. The lowest BCUT2D eigenvalue weighted by Gasteiger charge is -2.19. The standard InChI is InChI=1S/C15H12F3NO3/c16-15(17,18)14(22)19-12(8-13(20)21)11-6-5-9-3-1-2-4-10(9)7-11/h1-7,12H,8H2,(H,19,22)(H,20,21). The second-order valence-electron chi connectivity index (χ2n) is 4.73. The van der Waals surface area contributed by atoms with E-state index in [0.29, 0.717) is 5.56 Å². The summed E-state index contributed by atoms with van der Waals surface area (Å²) in [5.41, 5.74) is 0.304. The van der Waals surface area contributed by atoms with Crippen LogP contribution >= 0.6 is 0 Å². The van der Waals surface area contributed by atoms with Gasteiger partial charge in [0.15, 0.2) is 0 Å². The minimum atomic E-state index is -5.06. The SMILES string of the molecule is O=C(O)CC(NC(=O)C(F)(F)F)c1ccc2ccccc2c1. The summed E-state index contributed by atoms with van der Waals surface area (Å²) in [5.74, 6) is -3.47. The van der Waals surface area contributed by atoms with E-state index in [9.17, 15) is 22.8 Å². The molecule has 7 heteroatoms. The van der Waals surface area contributed by atoms with Crippen molar-refractivity contribution in [3.63, 3.8) is 0 Å². The van der Waals surface area contributed by atoms with Gasteiger partial charge in [-0.15, -0.1) is 0 Å². The molecule has 1 amide bonds. The fourth-order valence-electron chi connectivity index (χ4n) is 2.09. The fraction of sp³-hybridized carbons (Fsp3) is 0.200. The molecular formula is C15H12F3NO3. The van der Waals surface area contributed by atoms with Crippen LogP contribution in [0.15, 0.2) is 42.5 Å². The van der Waals surface area contributed by atoms with Gasteiger partial charge in [0.25, 0.3) is 0 Å². The summed E-state index contributed by atoms with van der Waals surface area (Å²) in [7, 11) is 0. The van der Waals surface area contributed by atoms with Crippen LogP contribution in [0.25, 0.3) is 10.8 Å². The van der Waals surface area contributed by atoms with Crippen LogP contribution in [0.2, 0.25) is 0 Å². The predicted octanol–water partition coefficient (Wildman–Crippen LogP) is 3.03. The van der Waals surface area contributed by atoms with Crippen LogP contribution in [0.1, 0.15) is 18.0 Å². The second kappa shape index (κ2) is 6.05. The molecule has 1 unspecified atom stereocenters. The van der Waals surface area contributed by atoms with Crippen molar-refractivity contribution in [2.24, 2.45) is 0 Å². The molecule has 2 aromatic carbocycles. The number of carbonyl (C=O) groups excluding carboxylic acids is 1. The number of fused-ring (bicyclic) bond motifs is 1. The number of halogens is 3. The molecule has 22 heavy (non-hydrogen) atoms. The third kappa shape index (κ3) is 3.75. The van der Waals surface area contributed by atoms with Crippen molar-refractivity contribution >= 4 is 22.6 Å². The second-order valence-corrected chi connectivity index (χ2v) is 4.73. The van der Waals surface area contributed by atoms with Crippen LogP contribution < -0.4 is 5.32 Å². The number of carboxylic acids is 1. The van der Waals surface area contributed by atoms with Crippen molar-refractivity contribution in [2.75, 3.05) is 0 Å². The number of rotatable bonds is 4. The quantitative estimate of drug-likeness (QED) is 0.912. The van der Waals surface area contributed by atoms with Crippen molar-refractivity contribution in [3.8, 4) is 0 Å².